The first-order valence-electron chi connectivity index (χ1n) is 7.46. The highest BCUT2D eigenvalue weighted by molar-refractivity contribution is 7.14. The lowest BCUT2D eigenvalue weighted by Gasteiger charge is -1.98. The van der Waals surface area contributed by atoms with Crippen LogP contribution in [0.1, 0.15) is 5.56 Å². The van der Waals surface area contributed by atoms with E-state index < -0.39 is 4.92 Å². The molecule has 1 heterocycles. The fourth-order valence-corrected chi connectivity index (χ4v) is 2.96. The van der Waals surface area contributed by atoms with Gasteiger partial charge in [-0.3, -0.25) is 20.2 Å². The molecule has 0 spiro atoms. The molecule has 0 aliphatic carbocycles. The summed E-state index contributed by atoms with van der Waals surface area (Å²) in [7, 11) is 0. The number of benzene rings is 2. The standard InChI is InChI=1S/C18H12ClN3O3S/c19-14-6-4-13(5-7-14)16-11-26-18(20-16)21-17(23)10-3-12-1-8-15(9-2-12)22(24)25/h1-11H,(H,20,21,23)/b10-3-. The van der Waals surface area contributed by atoms with Gasteiger partial charge in [-0.05, 0) is 35.9 Å². The van der Waals surface area contributed by atoms with Crippen molar-refractivity contribution >= 4 is 45.7 Å². The summed E-state index contributed by atoms with van der Waals surface area (Å²) in [4.78, 5) is 26.5. The number of nitro benzene ring substituents is 1. The Labute approximate surface area is 157 Å². The average molecular weight is 386 g/mol. The summed E-state index contributed by atoms with van der Waals surface area (Å²) in [5.41, 5.74) is 2.35. The minimum Gasteiger partial charge on any atom is -0.298 e. The number of carbonyl (C=O) groups excluding carboxylic acids is 1. The Morgan fingerprint density at radius 3 is 2.50 bits per heavy atom. The van der Waals surface area contributed by atoms with Crippen LogP contribution in [0.3, 0.4) is 0 Å². The van der Waals surface area contributed by atoms with E-state index in [1.165, 1.54) is 29.5 Å². The van der Waals surface area contributed by atoms with Crippen LogP contribution in [-0.4, -0.2) is 15.8 Å². The molecule has 3 aromatic rings. The number of non-ortho nitro benzene ring substituents is 1. The van der Waals surface area contributed by atoms with Gasteiger partial charge in [-0.1, -0.05) is 23.7 Å². The minimum absolute atomic E-state index is 0.00381. The van der Waals surface area contributed by atoms with E-state index in [0.717, 1.165) is 11.3 Å². The Balaban J connectivity index is 1.63. The molecule has 0 radical (unpaired) electrons. The van der Waals surface area contributed by atoms with Crippen LogP contribution in [0.5, 0.6) is 0 Å². The van der Waals surface area contributed by atoms with Gasteiger partial charge < -0.3 is 0 Å². The van der Waals surface area contributed by atoms with E-state index >= 15 is 0 Å². The number of nitro groups is 1. The van der Waals surface area contributed by atoms with Crippen LogP contribution in [0.4, 0.5) is 10.8 Å². The lowest BCUT2D eigenvalue weighted by Crippen LogP contribution is -2.07. The third kappa shape index (κ3) is 4.53. The van der Waals surface area contributed by atoms with E-state index in [2.05, 4.69) is 10.3 Å². The van der Waals surface area contributed by atoms with Crippen LogP contribution in [0.15, 0.2) is 60.0 Å². The van der Waals surface area contributed by atoms with Crippen molar-refractivity contribution in [1.29, 1.82) is 0 Å². The normalized spacial score (nSPS) is 10.8. The summed E-state index contributed by atoms with van der Waals surface area (Å²) in [6.07, 6.45) is 2.93. The molecule has 2 aromatic carbocycles. The summed E-state index contributed by atoms with van der Waals surface area (Å²) in [5, 5.41) is 16.3. The quantitative estimate of drug-likeness (QED) is 0.379. The number of nitrogens with one attached hydrogen (secondary N) is 1. The molecule has 3 rings (SSSR count). The predicted molar refractivity (Wildman–Crippen MR) is 103 cm³/mol. The zero-order chi connectivity index (χ0) is 18.5. The van der Waals surface area contributed by atoms with Gasteiger partial charge in [-0.15, -0.1) is 11.3 Å². The lowest BCUT2D eigenvalue weighted by atomic mass is 10.2. The molecular formula is C18H12ClN3O3S. The van der Waals surface area contributed by atoms with Gasteiger partial charge in [-0.25, -0.2) is 4.98 Å². The Kier molecular flexibility index (Phi) is 5.40. The predicted octanol–water partition coefficient (Wildman–Crippen LogP) is 5.02. The number of halogens is 1. The van der Waals surface area contributed by atoms with Crippen molar-refractivity contribution in [2.45, 2.75) is 0 Å². The van der Waals surface area contributed by atoms with Gasteiger partial charge in [0.15, 0.2) is 5.13 Å². The lowest BCUT2D eigenvalue weighted by molar-refractivity contribution is -0.384. The average Bonchev–Trinajstić information content (AvgIpc) is 3.09. The van der Waals surface area contributed by atoms with Crippen LogP contribution < -0.4 is 5.32 Å². The van der Waals surface area contributed by atoms with Gasteiger partial charge in [0.05, 0.1) is 10.6 Å². The van der Waals surface area contributed by atoms with Gasteiger partial charge >= 0.3 is 0 Å². The number of nitrogens with zero attached hydrogens (tertiary/aromatic N) is 2. The van der Waals surface area contributed by atoms with Crippen molar-refractivity contribution < 1.29 is 9.72 Å². The first kappa shape index (κ1) is 17.8. The topological polar surface area (TPSA) is 85.1 Å². The van der Waals surface area contributed by atoms with Crippen LogP contribution in [-0.2, 0) is 4.79 Å². The number of rotatable bonds is 5. The molecule has 6 nitrogen and oxygen atoms in total. The number of anilines is 1. The van der Waals surface area contributed by atoms with E-state index in [9.17, 15) is 14.9 Å². The maximum absolute atomic E-state index is 12.0. The third-order valence-corrected chi connectivity index (χ3v) is 4.42. The molecule has 0 aliphatic heterocycles. The van der Waals surface area contributed by atoms with Crippen LogP contribution in [0, 0.1) is 10.1 Å². The van der Waals surface area contributed by atoms with Gasteiger partial charge in [0.1, 0.15) is 0 Å². The Hall–Kier alpha value is -3.03. The molecule has 1 N–H and O–H groups in total. The van der Waals surface area contributed by atoms with E-state index in [4.69, 9.17) is 11.6 Å². The largest absolute Gasteiger partial charge is 0.298 e. The highest BCUT2D eigenvalue weighted by Crippen LogP contribution is 2.26. The zero-order valence-corrected chi connectivity index (χ0v) is 14.8. The molecule has 26 heavy (non-hydrogen) atoms. The molecule has 0 fully saturated rings. The van der Waals surface area contributed by atoms with Crippen LogP contribution in [0.25, 0.3) is 17.3 Å². The molecular weight excluding hydrogens is 374 g/mol. The molecule has 0 aliphatic rings. The number of carbonyl (C=O) groups is 1. The molecule has 0 bridgehead atoms. The van der Waals surface area contributed by atoms with E-state index in [1.54, 1.807) is 30.3 Å². The number of amides is 1. The van der Waals surface area contributed by atoms with E-state index in [-0.39, 0.29) is 11.6 Å². The number of aromatic nitrogens is 1. The summed E-state index contributed by atoms with van der Waals surface area (Å²) >= 11 is 7.19. The Morgan fingerprint density at radius 2 is 1.85 bits per heavy atom. The summed E-state index contributed by atoms with van der Waals surface area (Å²) < 4.78 is 0. The fraction of sp³-hybridized carbons (Fsp3) is 0. The Bertz CT molecular complexity index is 966. The smallest absolute Gasteiger partial charge is 0.269 e. The monoisotopic (exact) mass is 385 g/mol. The summed E-state index contributed by atoms with van der Waals surface area (Å²) in [5.74, 6) is -0.333. The molecule has 0 unspecified atom stereocenters. The third-order valence-electron chi connectivity index (χ3n) is 3.41. The second-order valence-electron chi connectivity index (χ2n) is 5.22. The van der Waals surface area contributed by atoms with Gasteiger partial charge in [0, 0.05) is 34.2 Å². The first-order chi connectivity index (χ1) is 12.5. The molecule has 0 atom stereocenters. The SMILES string of the molecule is O=C(/C=C\c1ccc([N+](=O)[O-])cc1)Nc1nc(-c2ccc(Cl)cc2)cs1. The molecule has 0 saturated heterocycles. The Morgan fingerprint density at radius 1 is 1.15 bits per heavy atom. The van der Waals surface area contributed by atoms with E-state index in [1.807, 2.05) is 17.5 Å². The molecule has 0 saturated carbocycles. The highest BCUT2D eigenvalue weighted by atomic mass is 35.5. The number of thiazole rings is 1. The van der Waals surface area contributed by atoms with Gasteiger partial charge in [0.2, 0.25) is 5.91 Å². The van der Waals surface area contributed by atoms with Crippen molar-refractivity contribution in [3.05, 3.63) is 80.7 Å². The molecule has 1 amide bonds. The first-order valence-corrected chi connectivity index (χ1v) is 8.72. The second-order valence-corrected chi connectivity index (χ2v) is 6.51. The van der Waals surface area contributed by atoms with Crippen LogP contribution >= 0.6 is 22.9 Å². The van der Waals surface area contributed by atoms with Crippen molar-refractivity contribution in [1.82, 2.24) is 4.98 Å². The van der Waals surface area contributed by atoms with Gasteiger partial charge in [0.25, 0.3) is 5.69 Å². The zero-order valence-electron chi connectivity index (χ0n) is 13.3. The fourth-order valence-electron chi connectivity index (χ4n) is 2.11. The maximum atomic E-state index is 12.0. The summed E-state index contributed by atoms with van der Waals surface area (Å²) in [6, 6.07) is 13.2. The van der Waals surface area contributed by atoms with Crippen molar-refractivity contribution in [3.63, 3.8) is 0 Å². The number of hydrogen-bond acceptors (Lipinski definition) is 5. The molecule has 130 valence electrons. The molecule has 1 aromatic heterocycles. The van der Waals surface area contributed by atoms with Crippen molar-refractivity contribution in [2.24, 2.45) is 0 Å². The second kappa shape index (κ2) is 7.90. The van der Waals surface area contributed by atoms with Crippen molar-refractivity contribution in [2.75, 3.05) is 5.32 Å². The van der Waals surface area contributed by atoms with Gasteiger partial charge in [-0.2, -0.15) is 0 Å². The minimum atomic E-state index is -0.471. The van der Waals surface area contributed by atoms with Crippen molar-refractivity contribution in [3.8, 4) is 11.3 Å². The maximum Gasteiger partial charge on any atom is 0.269 e. The van der Waals surface area contributed by atoms with Crippen LogP contribution in [0.2, 0.25) is 5.02 Å². The highest BCUT2D eigenvalue weighted by Gasteiger charge is 2.07. The number of hydrogen-bond donors (Lipinski definition) is 1. The van der Waals surface area contributed by atoms with E-state index in [0.29, 0.717) is 15.7 Å². The molecule has 8 heteroatoms. The summed E-state index contributed by atoms with van der Waals surface area (Å²) in [6.45, 7) is 0.